The molecule has 5 amide bonds. The van der Waals surface area contributed by atoms with Crippen molar-refractivity contribution in [3.05, 3.63) is 146 Å². The van der Waals surface area contributed by atoms with Gasteiger partial charge in [-0.1, -0.05) is 61.5 Å². The fourth-order valence-corrected chi connectivity index (χ4v) is 18.4. The normalized spacial score (nSPS) is 19.3. The van der Waals surface area contributed by atoms with E-state index < -0.39 is 86.4 Å². The van der Waals surface area contributed by atoms with Gasteiger partial charge < -0.3 is 69.8 Å². The number of halogens is 15. The highest BCUT2D eigenvalue weighted by Gasteiger charge is 2.45. The lowest BCUT2D eigenvalue weighted by Gasteiger charge is -2.40. The summed E-state index contributed by atoms with van der Waals surface area (Å²) in [5, 5.41) is -0.484. The number of nitrogen functional groups attached to an aromatic ring is 2. The zero-order chi connectivity index (χ0) is 96.1. The first-order chi connectivity index (χ1) is 62.2. The molecule has 0 radical (unpaired) electrons. The molecular formula is C89H95Cl3F12N20O8. The molecule has 6 aromatic heterocycles. The summed E-state index contributed by atoms with van der Waals surface area (Å²) in [7, 11) is 5.29. The average Bonchev–Trinajstić information content (AvgIpc) is 0.763. The van der Waals surface area contributed by atoms with Crippen LogP contribution in [0.4, 0.5) is 81.8 Å². The molecule has 0 saturated carbocycles. The number of rotatable bonds is 19. The second-order valence-electron chi connectivity index (χ2n) is 33.2. The third-order valence-electron chi connectivity index (χ3n) is 24.5. The van der Waals surface area contributed by atoms with E-state index in [9.17, 15) is 63.5 Å². The van der Waals surface area contributed by atoms with E-state index in [0.29, 0.717) is 103 Å². The Bertz CT molecular complexity index is 5840. The van der Waals surface area contributed by atoms with Gasteiger partial charge in [-0.25, -0.2) is 23.1 Å². The Hall–Kier alpha value is -11.9. The fourth-order valence-electron chi connectivity index (χ4n) is 17.5. The third kappa shape index (κ3) is 20.1. The van der Waals surface area contributed by atoms with E-state index in [1.54, 1.807) is 45.5 Å². The van der Waals surface area contributed by atoms with Gasteiger partial charge in [-0.15, -0.1) is 0 Å². The highest BCUT2D eigenvalue weighted by Crippen LogP contribution is 2.50. The second kappa shape index (κ2) is 39.1. The van der Waals surface area contributed by atoms with Crippen LogP contribution in [-0.4, -0.2) is 246 Å². The molecule has 15 rings (SSSR count). The molecule has 132 heavy (non-hydrogen) atoms. The minimum absolute atomic E-state index is 0.0145. The summed E-state index contributed by atoms with van der Waals surface area (Å²) < 4.78 is 196. The Morgan fingerprint density at radius 2 is 0.765 bits per heavy atom. The highest BCUT2D eigenvalue weighted by atomic mass is 35.5. The van der Waals surface area contributed by atoms with Crippen molar-refractivity contribution in [2.45, 2.75) is 148 Å². The quantitative estimate of drug-likeness (QED) is 0.0561. The summed E-state index contributed by atoms with van der Waals surface area (Å²) in [6.07, 6.45) is -6.83. The summed E-state index contributed by atoms with van der Waals surface area (Å²) in [4.78, 5) is 115. The van der Waals surface area contributed by atoms with Gasteiger partial charge in [0.05, 0.1) is 77.6 Å². The average molecular weight is 1910 g/mol. The standard InChI is InChI=1S/C31H35ClF4N6O2.2C29H30ClF4N7O3/c1-6-19-13-17(3)25(31(34,35)36)28(37-19)24-22(32)14-21-27(26(24)33)38-30(44-16-20-9-8-10-40(20)5)39-29(21)42-12-11-41(15-18(42)4)23(43)7-2;2*1-5-20(42)40-8-9-41(15(3)12-40)27-17-11-18(30)22(26-23(29(32,33)34)14(2)10-19(35)36-26)24(31)25(17)37-28(38-27)44-13-16-6-7-21(43)39(16)4/h7,13-14,18,20H,2,6,8-12,15-16H2,1,3-5H3;2*5,10-11,15-16H,1,6-9,12-13H2,2-4H3,(H2,35,36)/t18-,20-;15-,16-;/m00./s1. The first kappa shape index (κ1) is 97.6. The first-order valence-corrected chi connectivity index (χ1v) is 43.4. The zero-order valence-electron chi connectivity index (χ0n) is 73.6. The minimum atomic E-state index is -4.89. The molecule has 43 heteroatoms. The van der Waals surface area contributed by atoms with E-state index in [0.717, 1.165) is 31.5 Å². The molecule has 12 heterocycles. The van der Waals surface area contributed by atoms with Crippen molar-refractivity contribution in [3.8, 4) is 51.8 Å². The van der Waals surface area contributed by atoms with Crippen molar-refractivity contribution in [1.29, 1.82) is 0 Å². The Morgan fingerprint density at radius 3 is 1.04 bits per heavy atom. The van der Waals surface area contributed by atoms with E-state index in [2.05, 4.69) is 69.5 Å². The summed E-state index contributed by atoms with van der Waals surface area (Å²) in [5.74, 6) is -3.88. The molecule has 4 N–H and O–H groups in total. The molecule has 6 saturated heterocycles. The number of amides is 5. The number of ether oxygens (including phenoxy) is 3. The molecular weight excluding hydrogens is 1810 g/mol. The largest absolute Gasteiger partial charge is 0.462 e. The number of nitrogens with zero attached hydrogens (tertiary/aromatic N) is 18. The first-order valence-electron chi connectivity index (χ1n) is 42.3. The SMILES string of the molecule is C=CC(=O)N1CCN(c2nc(OCC3CCC(=O)N3C)nc3c(F)c(-c4nc(N)cc(C)c4C(F)(F)F)c(Cl)cc23)C(C)C1.C=CC(=O)N1CCN(c2nc(OC[C@@H]3CCC(=O)N3C)nc3c(F)c(-c4nc(N)cc(C)c4C(F)(F)F)c(Cl)cc23)[C@@H](C)C1.C=CC(=O)N1CCN(c2nc(OC[C@@H]3CCCN3C)nc3c(F)c(-c4nc(CC)cc(C)c4C(F)(F)F)c(Cl)cc23)[C@@H](C)C1. The second-order valence-corrected chi connectivity index (χ2v) is 34.4. The van der Waals surface area contributed by atoms with E-state index in [1.165, 1.54) is 63.3 Å². The van der Waals surface area contributed by atoms with Crippen molar-refractivity contribution in [3.63, 3.8) is 0 Å². The summed E-state index contributed by atoms with van der Waals surface area (Å²) in [6.45, 7) is 25.8. The zero-order valence-corrected chi connectivity index (χ0v) is 75.8. The Kier molecular flexibility index (Phi) is 28.9. The predicted octanol–water partition coefficient (Wildman–Crippen LogP) is 15.3. The van der Waals surface area contributed by atoms with Gasteiger partial charge in [0.1, 0.15) is 65.5 Å². The molecule has 0 bridgehead atoms. The maximum atomic E-state index is 16.7. The van der Waals surface area contributed by atoms with Crippen LogP contribution in [0, 0.1) is 38.2 Å². The maximum absolute atomic E-state index is 16.7. The van der Waals surface area contributed by atoms with Crippen molar-refractivity contribution in [2.75, 3.05) is 133 Å². The lowest BCUT2D eigenvalue weighted by atomic mass is 9.97. The lowest BCUT2D eigenvalue weighted by Crippen LogP contribution is -2.53. The number of carbonyl (C=O) groups is 5. The van der Waals surface area contributed by atoms with Gasteiger partial charge in [-0.3, -0.25) is 29.0 Å². The third-order valence-corrected chi connectivity index (χ3v) is 25.4. The van der Waals surface area contributed by atoms with Crippen LogP contribution >= 0.6 is 34.8 Å². The molecule has 704 valence electrons. The maximum Gasteiger partial charge on any atom is 0.418 e. The van der Waals surface area contributed by atoms with Gasteiger partial charge >= 0.3 is 36.6 Å². The van der Waals surface area contributed by atoms with Gasteiger partial charge in [0, 0.05) is 132 Å². The summed E-state index contributed by atoms with van der Waals surface area (Å²) >= 11 is 19.7. The van der Waals surface area contributed by atoms with Crippen LogP contribution < -0.4 is 40.4 Å². The molecule has 6 aliphatic heterocycles. The van der Waals surface area contributed by atoms with Crippen LogP contribution in [-0.2, 0) is 48.9 Å². The highest BCUT2D eigenvalue weighted by molar-refractivity contribution is 6.35. The van der Waals surface area contributed by atoms with E-state index in [1.807, 2.05) is 42.5 Å². The summed E-state index contributed by atoms with van der Waals surface area (Å²) in [5.41, 5.74) is 3.21. The van der Waals surface area contributed by atoms with Crippen LogP contribution in [0.15, 0.2) is 74.4 Å². The molecule has 2 unspecified atom stereocenters. The van der Waals surface area contributed by atoms with Crippen molar-refractivity contribution >= 4 is 126 Å². The molecule has 6 aliphatic rings. The van der Waals surface area contributed by atoms with Crippen LogP contribution in [0.25, 0.3) is 66.5 Å². The monoisotopic (exact) mass is 1900 g/mol. The van der Waals surface area contributed by atoms with Crippen molar-refractivity contribution in [2.24, 2.45) is 0 Å². The molecule has 0 aliphatic carbocycles. The van der Waals surface area contributed by atoms with Crippen LogP contribution in [0.1, 0.15) is 105 Å². The number of anilines is 5. The Balaban J connectivity index is 0.000000168. The van der Waals surface area contributed by atoms with E-state index >= 15 is 13.2 Å². The number of fused-ring (bicyclic) bond motifs is 3. The fraction of sp³-hybridized carbons (Fsp3) is 0.438. The molecule has 0 spiro atoms. The number of benzene rings is 3. The van der Waals surface area contributed by atoms with Gasteiger partial charge in [-0.2, -0.15) is 69.4 Å². The molecule has 6 fully saturated rings. The van der Waals surface area contributed by atoms with E-state index in [4.69, 9.17) is 60.5 Å². The Morgan fingerprint density at radius 1 is 0.455 bits per heavy atom. The lowest BCUT2D eigenvalue weighted by molar-refractivity contribution is -0.138. The number of alkyl halides is 9. The number of piperazine rings is 3. The topological polar surface area (TPSA) is 310 Å². The van der Waals surface area contributed by atoms with Gasteiger partial charge in [-0.05, 0) is 159 Å². The molecule has 3 aromatic carbocycles. The molecule has 6 atom stereocenters. The Labute approximate surface area is 765 Å². The number of carbonyl (C=O) groups excluding carboxylic acids is 5. The van der Waals surface area contributed by atoms with E-state index in [-0.39, 0.29) is 191 Å². The van der Waals surface area contributed by atoms with Crippen LogP contribution in [0.2, 0.25) is 15.1 Å². The smallest absolute Gasteiger partial charge is 0.418 e. The van der Waals surface area contributed by atoms with Gasteiger partial charge in [0.2, 0.25) is 29.5 Å². The minimum Gasteiger partial charge on any atom is -0.462 e. The number of aryl methyl sites for hydroxylation is 4. The predicted molar refractivity (Wildman–Crippen MR) is 475 cm³/mol. The summed E-state index contributed by atoms with van der Waals surface area (Å²) in [6, 6.07) is 5.58. The van der Waals surface area contributed by atoms with Crippen molar-refractivity contribution in [1.82, 2.24) is 74.3 Å². The van der Waals surface area contributed by atoms with Gasteiger partial charge in [0.15, 0.2) is 17.5 Å². The number of pyridine rings is 3. The molecule has 9 aromatic rings. The number of hydrogen-bond donors (Lipinski definition) is 2. The number of likely N-dealkylation sites (N-methyl/N-ethyl adjacent to an activating group) is 3. The van der Waals surface area contributed by atoms with Gasteiger partial charge in [0.25, 0.3) is 0 Å². The number of likely N-dealkylation sites (tertiary alicyclic amines) is 3. The van der Waals surface area contributed by atoms with Crippen molar-refractivity contribution < 1.29 is 90.9 Å². The van der Waals surface area contributed by atoms with Crippen LogP contribution in [0.3, 0.4) is 0 Å². The number of hydrogen-bond acceptors (Lipinski definition) is 23. The molecule has 28 nitrogen and oxygen atoms in total. The van der Waals surface area contributed by atoms with Crippen LogP contribution in [0.5, 0.6) is 18.0 Å². The number of nitrogens with two attached hydrogens (primary N) is 2. The number of aromatic nitrogens is 9.